The Balaban J connectivity index is 1.67. The first-order valence-electron chi connectivity index (χ1n) is 14.8. The van der Waals surface area contributed by atoms with Crippen LogP contribution >= 0.6 is 6.83 Å². The standard InChI is InChI=1S/C40H33O2P/c41-39(33-21-9-2-10-22-33)40(34-23-11-3-12-24-34)38(32-19-7-1-8-20-32)31-43(42-40,35-25-13-4-14-26-35,36-27-15-5-16-28-36)37-29-17-6-18-30-37/h1-30,38H,31H2. The molecule has 0 bridgehead atoms. The van der Waals surface area contributed by atoms with E-state index in [1.165, 1.54) is 0 Å². The fraction of sp³-hybridized carbons (Fsp3) is 0.0750. The Morgan fingerprint density at radius 1 is 0.512 bits per heavy atom. The van der Waals surface area contributed by atoms with Gasteiger partial charge in [0, 0.05) is 0 Å². The number of carbonyl (C=O) groups is 1. The van der Waals surface area contributed by atoms with E-state index in [1.807, 2.05) is 54.6 Å². The molecule has 43 heavy (non-hydrogen) atoms. The molecule has 2 atom stereocenters. The van der Waals surface area contributed by atoms with Crippen LogP contribution in [0.25, 0.3) is 0 Å². The summed E-state index contributed by atoms with van der Waals surface area (Å²) in [5, 5.41) is 3.35. The molecule has 0 aromatic heterocycles. The summed E-state index contributed by atoms with van der Waals surface area (Å²) in [4.78, 5) is 15.4. The summed E-state index contributed by atoms with van der Waals surface area (Å²) < 4.78 is 8.13. The van der Waals surface area contributed by atoms with Gasteiger partial charge < -0.3 is 0 Å². The molecule has 210 valence electrons. The van der Waals surface area contributed by atoms with Gasteiger partial charge in [0.2, 0.25) is 0 Å². The first-order valence-corrected chi connectivity index (χ1v) is 17.1. The van der Waals surface area contributed by atoms with Crippen LogP contribution in [-0.4, -0.2) is 11.9 Å². The van der Waals surface area contributed by atoms with E-state index in [0.29, 0.717) is 11.7 Å². The molecule has 2 unspecified atom stereocenters. The number of hydrogen-bond acceptors (Lipinski definition) is 2. The number of ketones is 1. The Morgan fingerprint density at radius 2 is 0.884 bits per heavy atom. The molecule has 0 aliphatic carbocycles. The first kappa shape index (κ1) is 27.2. The molecular weight excluding hydrogens is 543 g/mol. The maximum absolute atomic E-state index is 15.4. The molecule has 7 rings (SSSR count). The predicted molar refractivity (Wildman–Crippen MR) is 179 cm³/mol. The van der Waals surface area contributed by atoms with Crippen molar-refractivity contribution in [2.75, 3.05) is 6.16 Å². The number of benzene rings is 6. The molecule has 1 aliphatic rings. The molecule has 0 N–H and O–H groups in total. The summed E-state index contributed by atoms with van der Waals surface area (Å²) in [5.74, 6) is -0.301. The van der Waals surface area contributed by atoms with E-state index in [2.05, 4.69) is 127 Å². The molecule has 1 fully saturated rings. The van der Waals surface area contributed by atoms with E-state index in [9.17, 15) is 0 Å². The summed E-state index contributed by atoms with van der Waals surface area (Å²) in [6, 6.07) is 62.2. The second kappa shape index (κ2) is 10.9. The van der Waals surface area contributed by atoms with Gasteiger partial charge >= 0.3 is 254 Å². The zero-order valence-corrected chi connectivity index (χ0v) is 24.8. The van der Waals surface area contributed by atoms with Crippen LogP contribution in [0.15, 0.2) is 182 Å². The van der Waals surface area contributed by atoms with Crippen molar-refractivity contribution < 1.29 is 9.32 Å². The van der Waals surface area contributed by atoms with Crippen LogP contribution in [0.2, 0.25) is 0 Å². The van der Waals surface area contributed by atoms with Crippen LogP contribution in [0.5, 0.6) is 0 Å². The Hall–Kier alpha value is -4.62. The van der Waals surface area contributed by atoms with Crippen molar-refractivity contribution in [3.05, 3.63) is 199 Å². The molecule has 6 aromatic rings. The quantitative estimate of drug-likeness (QED) is 0.142. The van der Waals surface area contributed by atoms with Gasteiger partial charge in [-0.05, 0) is 0 Å². The van der Waals surface area contributed by atoms with Gasteiger partial charge in [0.05, 0.1) is 0 Å². The van der Waals surface area contributed by atoms with Crippen molar-refractivity contribution in [3.63, 3.8) is 0 Å². The fourth-order valence-corrected chi connectivity index (χ4v) is 13.6. The number of carbonyl (C=O) groups excluding carboxylic acids is 1. The van der Waals surface area contributed by atoms with E-state index in [-0.39, 0.29) is 11.7 Å². The van der Waals surface area contributed by atoms with Crippen LogP contribution in [0.3, 0.4) is 0 Å². The molecular formula is C40H33O2P. The van der Waals surface area contributed by atoms with Gasteiger partial charge in [0.25, 0.3) is 0 Å². The normalized spacial score (nSPS) is 21.3. The number of hydrogen-bond donors (Lipinski definition) is 0. The Morgan fingerprint density at radius 3 is 1.33 bits per heavy atom. The molecule has 1 heterocycles. The van der Waals surface area contributed by atoms with Crippen LogP contribution < -0.4 is 15.9 Å². The summed E-state index contributed by atoms with van der Waals surface area (Å²) in [5.41, 5.74) is 1.29. The Kier molecular flexibility index (Phi) is 6.90. The maximum atomic E-state index is 15.4. The third-order valence-electron chi connectivity index (χ3n) is 9.05. The zero-order valence-electron chi connectivity index (χ0n) is 23.9. The molecule has 0 radical (unpaired) electrons. The summed E-state index contributed by atoms with van der Waals surface area (Å²) in [7, 11) is 0. The minimum atomic E-state index is -3.83. The predicted octanol–water partition coefficient (Wildman–Crippen LogP) is 8.02. The first-order chi connectivity index (χ1) is 21.2. The molecule has 1 saturated heterocycles. The van der Waals surface area contributed by atoms with Crippen LogP contribution in [0.4, 0.5) is 0 Å². The Labute approximate surface area is 253 Å². The zero-order chi connectivity index (χ0) is 29.2. The second-order valence-electron chi connectivity index (χ2n) is 11.3. The third kappa shape index (κ3) is 4.13. The van der Waals surface area contributed by atoms with E-state index in [4.69, 9.17) is 4.52 Å². The fourth-order valence-electron chi connectivity index (χ4n) is 7.15. The van der Waals surface area contributed by atoms with Gasteiger partial charge in [0.15, 0.2) is 0 Å². The molecule has 1 aliphatic heterocycles. The van der Waals surface area contributed by atoms with Crippen molar-refractivity contribution in [1.29, 1.82) is 0 Å². The molecule has 3 heteroatoms. The van der Waals surface area contributed by atoms with Crippen molar-refractivity contribution in [2.45, 2.75) is 11.5 Å². The molecule has 0 amide bonds. The van der Waals surface area contributed by atoms with E-state index in [0.717, 1.165) is 27.0 Å². The van der Waals surface area contributed by atoms with Gasteiger partial charge in [-0.1, -0.05) is 0 Å². The molecule has 2 nitrogen and oxygen atoms in total. The van der Waals surface area contributed by atoms with Gasteiger partial charge in [0.1, 0.15) is 0 Å². The molecule has 0 spiro atoms. The number of rotatable bonds is 7. The number of Topliss-reactive ketones (excluding diaryl/α,β-unsaturated/α-hetero) is 1. The van der Waals surface area contributed by atoms with Crippen molar-refractivity contribution >= 4 is 28.5 Å². The molecule has 0 saturated carbocycles. The van der Waals surface area contributed by atoms with Crippen LogP contribution in [0.1, 0.15) is 27.4 Å². The van der Waals surface area contributed by atoms with E-state index < -0.39 is 12.4 Å². The monoisotopic (exact) mass is 576 g/mol. The average molecular weight is 577 g/mol. The third-order valence-corrected chi connectivity index (χ3v) is 15.0. The second-order valence-corrected chi connectivity index (χ2v) is 15.8. The van der Waals surface area contributed by atoms with Crippen molar-refractivity contribution in [3.8, 4) is 0 Å². The van der Waals surface area contributed by atoms with E-state index >= 15 is 4.79 Å². The van der Waals surface area contributed by atoms with Crippen LogP contribution in [-0.2, 0) is 10.1 Å². The van der Waals surface area contributed by atoms with Gasteiger partial charge in [-0.25, -0.2) is 0 Å². The Bertz CT molecular complexity index is 1730. The topological polar surface area (TPSA) is 26.3 Å². The average Bonchev–Trinajstić information content (AvgIpc) is 3.46. The summed E-state index contributed by atoms with van der Waals surface area (Å²) in [6.07, 6.45) is 0.640. The molecule has 6 aromatic carbocycles. The van der Waals surface area contributed by atoms with Crippen molar-refractivity contribution in [2.24, 2.45) is 0 Å². The van der Waals surface area contributed by atoms with Gasteiger partial charge in [-0.15, -0.1) is 0 Å². The van der Waals surface area contributed by atoms with Gasteiger partial charge in [-0.2, -0.15) is 0 Å². The van der Waals surface area contributed by atoms with Crippen molar-refractivity contribution in [1.82, 2.24) is 0 Å². The van der Waals surface area contributed by atoms with E-state index in [1.54, 1.807) is 0 Å². The van der Waals surface area contributed by atoms with Gasteiger partial charge in [-0.3, -0.25) is 0 Å². The SMILES string of the molecule is O=C(c1ccccc1)C1(c2ccccc2)OP(c2ccccc2)(c2ccccc2)(c2ccccc2)CC1c1ccccc1. The summed E-state index contributed by atoms with van der Waals surface area (Å²) in [6.45, 7) is -3.83. The van der Waals surface area contributed by atoms with Crippen LogP contribution in [0, 0.1) is 0 Å². The minimum absolute atomic E-state index is 0.0255. The summed E-state index contributed by atoms with van der Waals surface area (Å²) >= 11 is 0.